The first-order valence-electron chi connectivity index (χ1n) is 10.0. The van der Waals surface area contributed by atoms with Crippen LogP contribution >= 0.6 is 11.3 Å². The molecule has 1 heterocycles. The van der Waals surface area contributed by atoms with E-state index in [1.807, 2.05) is 0 Å². The van der Waals surface area contributed by atoms with Gasteiger partial charge in [-0.15, -0.1) is 11.3 Å². The maximum atomic E-state index is 4.95. The Hall–Kier alpha value is -2.52. The average Bonchev–Trinajstić information content (AvgIpc) is 3.11. The van der Waals surface area contributed by atoms with Crippen molar-refractivity contribution in [2.24, 2.45) is 9.98 Å². The molecule has 0 atom stereocenters. The number of hydrogen-bond donors (Lipinski definition) is 0. The molecule has 0 unspecified atom stereocenters. The van der Waals surface area contributed by atoms with Crippen molar-refractivity contribution < 1.29 is 0 Å². The van der Waals surface area contributed by atoms with Crippen LogP contribution in [0.15, 0.2) is 46.4 Å². The number of aliphatic imine (C=N–C) groups is 2. The molecule has 2 aromatic carbocycles. The van der Waals surface area contributed by atoms with Gasteiger partial charge in [-0.3, -0.25) is 9.98 Å². The third-order valence-electron chi connectivity index (χ3n) is 5.15. The third-order valence-corrected chi connectivity index (χ3v) is 6.45. The number of nitrogens with zero attached hydrogens (tertiary/aromatic N) is 2. The van der Waals surface area contributed by atoms with E-state index < -0.39 is 0 Å². The zero-order valence-corrected chi connectivity index (χ0v) is 19.6. The summed E-state index contributed by atoms with van der Waals surface area (Å²) in [7, 11) is 0. The summed E-state index contributed by atoms with van der Waals surface area (Å²) in [5, 5.41) is 0. The van der Waals surface area contributed by atoms with E-state index in [-0.39, 0.29) is 0 Å². The highest BCUT2D eigenvalue weighted by molar-refractivity contribution is 7.16. The molecular weight excluding hydrogens is 372 g/mol. The summed E-state index contributed by atoms with van der Waals surface area (Å²) < 4.78 is 0. The van der Waals surface area contributed by atoms with Gasteiger partial charge in [-0.1, -0.05) is 35.4 Å². The lowest BCUT2D eigenvalue weighted by Crippen LogP contribution is -1.93. The van der Waals surface area contributed by atoms with Crippen LogP contribution in [0.4, 0.5) is 11.4 Å². The van der Waals surface area contributed by atoms with Crippen LogP contribution in [0.25, 0.3) is 0 Å². The minimum Gasteiger partial charge on any atom is -0.252 e. The van der Waals surface area contributed by atoms with Gasteiger partial charge in [-0.25, -0.2) is 0 Å². The Labute approximate surface area is 179 Å². The van der Waals surface area contributed by atoms with E-state index in [4.69, 9.17) is 9.98 Å². The Kier molecular flexibility index (Phi) is 6.18. The van der Waals surface area contributed by atoms with Gasteiger partial charge < -0.3 is 0 Å². The zero-order valence-electron chi connectivity index (χ0n) is 18.8. The summed E-state index contributed by atoms with van der Waals surface area (Å²) in [5.74, 6) is 0. The standard InChI is InChI=1S/C26H30N2S/c1-15-11-17(3)25(18(4)12-15)27-21(7)23-9-10-24(29-23)22(8)28-26-19(5)13-16(2)14-20(26)6/h9-14H,1-8H3. The fourth-order valence-electron chi connectivity index (χ4n) is 3.87. The van der Waals surface area contributed by atoms with E-state index >= 15 is 0 Å². The van der Waals surface area contributed by atoms with E-state index in [2.05, 4.69) is 91.8 Å². The quantitative estimate of drug-likeness (QED) is 0.396. The molecule has 0 aliphatic rings. The average molecular weight is 403 g/mol. The van der Waals surface area contributed by atoms with Crippen molar-refractivity contribution in [3.05, 3.63) is 79.5 Å². The summed E-state index contributed by atoms with van der Waals surface area (Å²) in [6.45, 7) is 17.0. The van der Waals surface area contributed by atoms with Crippen LogP contribution in [0.2, 0.25) is 0 Å². The third kappa shape index (κ3) is 4.73. The van der Waals surface area contributed by atoms with Crippen LogP contribution in [0.3, 0.4) is 0 Å². The molecule has 0 aliphatic heterocycles. The molecule has 3 heteroatoms. The monoisotopic (exact) mass is 402 g/mol. The molecule has 3 aromatic rings. The topological polar surface area (TPSA) is 24.7 Å². The second kappa shape index (κ2) is 8.46. The maximum Gasteiger partial charge on any atom is 0.0691 e. The molecule has 0 aliphatic carbocycles. The molecule has 0 saturated carbocycles. The molecule has 0 amide bonds. The van der Waals surface area contributed by atoms with Gasteiger partial charge >= 0.3 is 0 Å². The van der Waals surface area contributed by atoms with Crippen LogP contribution in [-0.2, 0) is 0 Å². The molecular formula is C26H30N2S. The summed E-state index contributed by atoms with van der Waals surface area (Å²) in [6.07, 6.45) is 0. The summed E-state index contributed by atoms with van der Waals surface area (Å²) in [4.78, 5) is 12.3. The van der Waals surface area contributed by atoms with Crippen LogP contribution in [-0.4, -0.2) is 11.4 Å². The molecule has 2 nitrogen and oxygen atoms in total. The van der Waals surface area contributed by atoms with Crippen molar-refractivity contribution in [2.75, 3.05) is 0 Å². The number of aryl methyl sites for hydroxylation is 6. The zero-order chi connectivity index (χ0) is 21.3. The predicted octanol–water partition coefficient (Wildman–Crippen LogP) is 7.88. The van der Waals surface area contributed by atoms with Crippen molar-refractivity contribution >= 4 is 34.1 Å². The van der Waals surface area contributed by atoms with Crippen molar-refractivity contribution in [3.8, 4) is 0 Å². The van der Waals surface area contributed by atoms with E-state index in [0.717, 1.165) is 22.8 Å². The molecule has 0 radical (unpaired) electrons. The second-order valence-corrected chi connectivity index (χ2v) is 9.14. The number of benzene rings is 2. The van der Waals surface area contributed by atoms with Crippen LogP contribution in [0, 0.1) is 41.5 Å². The van der Waals surface area contributed by atoms with E-state index in [9.17, 15) is 0 Å². The molecule has 0 fully saturated rings. The maximum absolute atomic E-state index is 4.95. The van der Waals surface area contributed by atoms with Crippen molar-refractivity contribution in [2.45, 2.75) is 55.4 Å². The molecule has 3 rings (SSSR count). The fraction of sp³-hybridized carbons (Fsp3) is 0.308. The summed E-state index contributed by atoms with van der Waals surface area (Å²) in [5.41, 5.74) is 11.7. The second-order valence-electron chi connectivity index (χ2n) is 8.05. The molecule has 0 spiro atoms. The minimum atomic E-state index is 1.05. The molecule has 29 heavy (non-hydrogen) atoms. The van der Waals surface area contributed by atoms with Gasteiger partial charge in [-0.05, 0) is 89.8 Å². The first kappa shape index (κ1) is 21.2. The lowest BCUT2D eigenvalue weighted by atomic mass is 10.1. The highest BCUT2D eigenvalue weighted by atomic mass is 32.1. The molecule has 1 aromatic heterocycles. The first-order valence-corrected chi connectivity index (χ1v) is 10.8. The Morgan fingerprint density at radius 1 is 0.586 bits per heavy atom. The normalized spacial score (nSPS) is 12.6. The largest absolute Gasteiger partial charge is 0.252 e. The Morgan fingerprint density at radius 2 is 0.897 bits per heavy atom. The summed E-state index contributed by atoms with van der Waals surface area (Å²) in [6, 6.07) is 13.1. The highest BCUT2D eigenvalue weighted by Crippen LogP contribution is 2.29. The molecule has 0 N–H and O–H groups in total. The van der Waals surface area contributed by atoms with Crippen molar-refractivity contribution in [3.63, 3.8) is 0 Å². The Balaban J connectivity index is 1.93. The van der Waals surface area contributed by atoms with Gasteiger partial charge in [0.15, 0.2) is 0 Å². The van der Waals surface area contributed by atoms with E-state index in [1.165, 1.54) is 43.1 Å². The van der Waals surface area contributed by atoms with Crippen LogP contribution < -0.4 is 0 Å². The Morgan fingerprint density at radius 3 is 1.21 bits per heavy atom. The van der Waals surface area contributed by atoms with Gasteiger partial charge in [0, 0.05) is 9.75 Å². The van der Waals surface area contributed by atoms with Crippen molar-refractivity contribution in [1.82, 2.24) is 0 Å². The highest BCUT2D eigenvalue weighted by Gasteiger charge is 2.10. The molecule has 150 valence electrons. The fourth-order valence-corrected chi connectivity index (χ4v) is 4.77. The Bertz CT molecular complexity index is 995. The predicted molar refractivity (Wildman–Crippen MR) is 129 cm³/mol. The minimum absolute atomic E-state index is 1.05. The van der Waals surface area contributed by atoms with E-state index in [0.29, 0.717) is 0 Å². The lowest BCUT2D eigenvalue weighted by molar-refractivity contribution is 1.28. The lowest BCUT2D eigenvalue weighted by Gasteiger charge is -2.08. The van der Waals surface area contributed by atoms with E-state index in [1.54, 1.807) is 11.3 Å². The van der Waals surface area contributed by atoms with Gasteiger partial charge in [-0.2, -0.15) is 0 Å². The van der Waals surface area contributed by atoms with Crippen LogP contribution in [0.1, 0.15) is 57.0 Å². The van der Waals surface area contributed by atoms with Gasteiger partial charge in [0.25, 0.3) is 0 Å². The molecule has 0 bridgehead atoms. The number of hydrogen-bond acceptors (Lipinski definition) is 3. The number of rotatable bonds is 4. The van der Waals surface area contributed by atoms with Crippen LogP contribution in [0.5, 0.6) is 0 Å². The number of thiophene rings is 1. The van der Waals surface area contributed by atoms with Gasteiger partial charge in [0.05, 0.1) is 22.8 Å². The SMILES string of the molecule is CC(=Nc1c(C)cc(C)cc1C)c1ccc(C(C)=Nc2c(C)cc(C)cc2C)s1. The smallest absolute Gasteiger partial charge is 0.0691 e. The van der Waals surface area contributed by atoms with Gasteiger partial charge in [0.2, 0.25) is 0 Å². The van der Waals surface area contributed by atoms with Crippen molar-refractivity contribution in [1.29, 1.82) is 0 Å². The molecule has 0 saturated heterocycles. The van der Waals surface area contributed by atoms with Gasteiger partial charge in [0.1, 0.15) is 0 Å². The first-order chi connectivity index (χ1) is 13.7. The summed E-state index contributed by atoms with van der Waals surface area (Å²) >= 11 is 1.76.